The lowest BCUT2D eigenvalue weighted by Gasteiger charge is -2.47. The lowest BCUT2D eigenvalue weighted by Crippen LogP contribution is -2.66. The molecule has 0 aliphatic carbocycles. The number of aliphatic hydroxyl groups excluding tert-OH is 14. The average Bonchev–Trinajstić information content (AvgIpc) is 3.28. The molecule has 0 unspecified atom stereocenters. The first-order valence-corrected chi connectivity index (χ1v) is 14.1. The summed E-state index contributed by atoms with van der Waals surface area (Å²) in [5.41, 5.74) is 0. The molecule has 21 heteroatoms. The van der Waals surface area contributed by atoms with Gasteiger partial charge >= 0.3 is 0 Å². The van der Waals surface area contributed by atoms with E-state index < -0.39 is 149 Å². The third kappa shape index (κ3) is 7.15. The van der Waals surface area contributed by atoms with Crippen LogP contribution in [0.25, 0.3) is 0 Å². The van der Waals surface area contributed by atoms with Crippen molar-refractivity contribution in [1.82, 2.24) is 0 Å². The molecule has 4 rings (SSSR count). The molecule has 4 saturated heterocycles. The van der Waals surface area contributed by atoms with Crippen molar-refractivity contribution in [2.45, 2.75) is 116 Å². The van der Waals surface area contributed by atoms with Crippen LogP contribution < -0.4 is 0 Å². The zero-order chi connectivity index (χ0) is 33.4. The second-order valence-corrected chi connectivity index (χ2v) is 11.2. The average molecular weight is 667 g/mol. The molecule has 14 N–H and O–H groups in total. The maximum Gasteiger partial charge on any atom is 0.224 e. The fourth-order valence-electron chi connectivity index (χ4n) is 5.50. The number of rotatable bonds is 11. The van der Waals surface area contributed by atoms with Gasteiger partial charge in [-0.15, -0.1) is 0 Å². The van der Waals surface area contributed by atoms with Gasteiger partial charge in [-0.05, 0) is 0 Å². The summed E-state index contributed by atoms with van der Waals surface area (Å²) >= 11 is 0. The number of aliphatic hydroxyl groups is 14. The van der Waals surface area contributed by atoms with E-state index in [2.05, 4.69) is 0 Å². The van der Waals surface area contributed by atoms with Gasteiger partial charge in [-0.1, -0.05) is 0 Å². The molecule has 264 valence electrons. The molecule has 45 heavy (non-hydrogen) atoms. The smallest absolute Gasteiger partial charge is 0.224 e. The van der Waals surface area contributed by atoms with Crippen LogP contribution in [0.15, 0.2) is 0 Å². The Bertz CT molecular complexity index is 929. The van der Waals surface area contributed by atoms with Crippen molar-refractivity contribution in [3.63, 3.8) is 0 Å². The van der Waals surface area contributed by atoms with Crippen molar-refractivity contribution >= 4 is 0 Å². The molecular weight excluding hydrogens is 624 g/mol. The van der Waals surface area contributed by atoms with Gasteiger partial charge in [0.15, 0.2) is 18.9 Å². The third-order valence-corrected chi connectivity index (χ3v) is 8.28. The van der Waals surface area contributed by atoms with E-state index >= 15 is 0 Å². The normalized spacial score (nSPS) is 52.7. The SMILES string of the molecule is OC[C@H]1O[C@@H](OC[C@H]2O[C@H](O[C@H]3[C@@H](O)[C@@H](O)[C@@H](O[C@]4(CO)O[C@H](CO)[C@H](O)[C@@H]4O)O[C@@H]3CO)[C@H](O)[C@H](O)[C@H]2O)[C@H](O)[C@H](O)[C@H]1O. The summed E-state index contributed by atoms with van der Waals surface area (Å²) in [6.07, 6.45) is -31.8. The van der Waals surface area contributed by atoms with Crippen LogP contribution in [-0.2, 0) is 33.2 Å². The topological polar surface area (TPSA) is 348 Å². The van der Waals surface area contributed by atoms with Gasteiger partial charge in [-0.2, -0.15) is 0 Å². The molecule has 0 amide bonds. The molecule has 0 spiro atoms. The molecule has 4 heterocycles. The van der Waals surface area contributed by atoms with Gasteiger partial charge in [0.05, 0.1) is 26.4 Å². The molecule has 4 aliphatic heterocycles. The summed E-state index contributed by atoms with van der Waals surface area (Å²) in [6, 6.07) is 0. The molecule has 0 aromatic heterocycles. The van der Waals surface area contributed by atoms with Gasteiger partial charge in [0.2, 0.25) is 5.79 Å². The summed E-state index contributed by atoms with van der Waals surface area (Å²) < 4.78 is 37.7. The minimum atomic E-state index is -2.43. The van der Waals surface area contributed by atoms with Crippen LogP contribution in [0.2, 0.25) is 0 Å². The zero-order valence-electron chi connectivity index (χ0n) is 23.5. The Morgan fingerprint density at radius 1 is 0.489 bits per heavy atom. The standard InChI is InChI=1S/C24H42O21/c25-1-6-10(29)13(32)16(35)21(40-6)39-4-9-11(30)14(33)17(36)22(42-9)43-19-8(3-27)41-23(18(37)15(19)34)45-24(5-28)20(38)12(31)7(2-26)44-24/h6-23,25-38H,1-5H2/t6-,7-,8-,9-,10+,11+,12+,13-,14-,15+,16-,17-,18-,19-,20+,21-,22-,23-,24+/m1/s1. The van der Waals surface area contributed by atoms with Crippen molar-refractivity contribution in [2.24, 2.45) is 0 Å². The summed E-state index contributed by atoms with van der Waals surface area (Å²) in [5, 5.41) is 142. The minimum absolute atomic E-state index is 0.689. The highest BCUT2D eigenvalue weighted by atomic mass is 16.8. The van der Waals surface area contributed by atoms with Crippen molar-refractivity contribution in [2.75, 3.05) is 33.0 Å². The fourth-order valence-corrected chi connectivity index (χ4v) is 5.50. The van der Waals surface area contributed by atoms with E-state index in [0.29, 0.717) is 0 Å². The highest BCUT2D eigenvalue weighted by Crippen LogP contribution is 2.37. The van der Waals surface area contributed by atoms with Gasteiger partial charge in [-0.25, -0.2) is 0 Å². The van der Waals surface area contributed by atoms with Gasteiger partial charge in [0.1, 0.15) is 98.2 Å². The van der Waals surface area contributed by atoms with E-state index in [1.165, 1.54) is 0 Å². The predicted octanol–water partition coefficient (Wildman–Crippen LogP) is -9.75. The molecule has 0 aromatic rings. The highest BCUT2D eigenvalue weighted by Gasteiger charge is 2.59. The first-order valence-electron chi connectivity index (χ1n) is 14.1. The summed E-state index contributed by atoms with van der Waals surface area (Å²) in [6.45, 7) is -4.25. The largest absolute Gasteiger partial charge is 0.394 e. The minimum Gasteiger partial charge on any atom is -0.394 e. The second-order valence-electron chi connectivity index (χ2n) is 11.2. The maximum absolute atomic E-state index is 10.9. The van der Waals surface area contributed by atoms with E-state index in [9.17, 15) is 71.5 Å². The Morgan fingerprint density at radius 3 is 1.56 bits per heavy atom. The van der Waals surface area contributed by atoms with Crippen LogP contribution in [0, 0.1) is 0 Å². The van der Waals surface area contributed by atoms with Gasteiger partial charge in [0, 0.05) is 0 Å². The lowest BCUT2D eigenvalue weighted by molar-refractivity contribution is -0.399. The predicted molar refractivity (Wildman–Crippen MR) is 134 cm³/mol. The van der Waals surface area contributed by atoms with Crippen molar-refractivity contribution < 1.29 is 105 Å². The van der Waals surface area contributed by atoms with E-state index in [1.807, 2.05) is 0 Å². The van der Waals surface area contributed by atoms with Crippen molar-refractivity contribution in [1.29, 1.82) is 0 Å². The fraction of sp³-hybridized carbons (Fsp3) is 1.00. The quantitative estimate of drug-likeness (QED) is 0.0973. The molecular formula is C24H42O21. The zero-order valence-corrected chi connectivity index (χ0v) is 23.5. The number of hydrogen-bond donors (Lipinski definition) is 14. The van der Waals surface area contributed by atoms with Crippen LogP contribution in [0.5, 0.6) is 0 Å². The molecule has 4 fully saturated rings. The Hall–Kier alpha value is -0.840. The van der Waals surface area contributed by atoms with Gasteiger partial charge in [-0.3, -0.25) is 0 Å². The first-order chi connectivity index (χ1) is 21.2. The molecule has 0 aromatic carbocycles. The van der Waals surface area contributed by atoms with Crippen molar-refractivity contribution in [3.05, 3.63) is 0 Å². The highest BCUT2D eigenvalue weighted by molar-refractivity contribution is 4.99. The van der Waals surface area contributed by atoms with E-state index in [1.54, 1.807) is 0 Å². The molecule has 0 saturated carbocycles. The Morgan fingerprint density at radius 2 is 1.00 bits per heavy atom. The summed E-state index contributed by atoms with van der Waals surface area (Å²) in [7, 11) is 0. The Kier molecular flexibility index (Phi) is 12.5. The Labute approximate surface area is 254 Å². The first kappa shape index (κ1) is 37.0. The van der Waals surface area contributed by atoms with Gasteiger partial charge < -0.3 is 105 Å². The number of hydrogen-bond acceptors (Lipinski definition) is 21. The van der Waals surface area contributed by atoms with E-state index in [-0.39, 0.29) is 0 Å². The molecule has 4 aliphatic rings. The summed E-state index contributed by atoms with van der Waals surface area (Å²) in [5.74, 6) is -2.43. The summed E-state index contributed by atoms with van der Waals surface area (Å²) in [4.78, 5) is 0. The van der Waals surface area contributed by atoms with Crippen LogP contribution in [0.1, 0.15) is 0 Å². The van der Waals surface area contributed by atoms with Crippen LogP contribution >= 0.6 is 0 Å². The molecule has 21 nitrogen and oxygen atoms in total. The second kappa shape index (κ2) is 15.1. The number of ether oxygens (including phenoxy) is 7. The third-order valence-electron chi connectivity index (χ3n) is 8.28. The van der Waals surface area contributed by atoms with Crippen molar-refractivity contribution in [3.8, 4) is 0 Å². The lowest BCUT2D eigenvalue weighted by atomic mass is 9.96. The van der Waals surface area contributed by atoms with Crippen LogP contribution in [0.4, 0.5) is 0 Å². The Balaban J connectivity index is 1.43. The van der Waals surface area contributed by atoms with E-state index in [4.69, 9.17) is 33.2 Å². The van der Waals surface area contributed by atoms with E-state index in [0.717, 1.165) is 0 Å². The van der Waals surface area contributed by atoms with Crippen LogP contribution in [-0.4, -0.2) is 221 Å². The van der Waals surface area contributed by atoms with Crippen LogP contribution in [0.3, 0.4) is 0 Å². The monoisotopic (exact) mass is 666 g/mol. The maximum atomic E-state index is 10.9. The molecule has 19 atom stereocenters. The van der Waals surface area contributed by atoms with Gasteiger partial charge in [0.25, 0.3) is 0 Å². The molecule has 0 bridgehead atoms. The molecule has 0 radical (unpaired) electrons.